The maximum atomic E-state index is 12.6. The Morgan fingerprint density at radius 3 is 2.71 bits per heavy atom. The molecule has 1 aromatic carbocycles. The van der Waals surface area contributed by atoms with E-state index in [1.807, 2.05) is 18.2 Å². The second-order valence-corrected chi connectivity index (χ2v) is 5.61. The summed E-state index contributed by atoms with van der Waals surface area (Å²) in [6, 6.07) is 7.30. The van der Waals surface area contributed by atoms with E-state index in [2.05, 4.69) is 15.3 Å². The maximum Gasteiger partial charge on any atom is 0.258 e. The summed E-state index contributed by atoms with van der Waals surface area (Å²) in [6.07, 6.45) is 0. The van der Waals surface area contributed by atoms with Gasteiger partial charge in [-0.15, -0.1) is 0 Å². The van der Waals surface area contributed by atoms with Gasteiger partial charge in [0, 0.05) is 16.8 Å². The number of benzene rings is 1. The highest BCUT2D eigenvalue weighted by Crippen LogP contribution is 2.42. The van der Waals surface area contributed by atoms with Gasteiger partial charge in [0.05, 0.1) is 18.6 Å². The zero-order valence-electron chi connectivity index (χ0n) is 13.6. The third-order valence-corrected chi connectivity index (χ3v) is 4.09. The van der Waals surface area contributed by atoms with Crippen molar-refractivity contribution in [1.29, 1.82) is 0 Å². The van der Waals surface area contributed by atoms with E-state index in [1.165, 1.54) is 6.92 Å². The van der Waals surface area contributed by atoms with Gasteiger partial charge in [-0.1, -0.05) is 18.2 Å². The van der Waals surface area contributed by atoms with Crippen LogP contribution in [0.15, 0.2) is 40.3 Å². The summed E-state index contributed by atoms with van der Waals surface area (Å²) in [7, 11) is 1.55. The zero-order valence-corrected chi connectivity index (χ0v) is 13.6. The Morgan fingerprint density at radius 2 is 2.04 bits per heavy atom. The predicted octanol–water partition coefficient (Wildman–Crippen LogP) is 1.78. The molecule has 124 valence electrons. The smallest absolute Gasteiger partial charge is 0.258 e. The van der Waals surface area contributed by atoms with Crippen molar-refractivity contribution in [2.75, 3.05) is 18.2 Å². The summed E-state index contributed by atoms with van der Waals surface area (Å²) < 4.78 is 5.43. The second-order valence-electron chi connectivity index (χ2n) is 5.61. The van der Waals surface area contributed by atoms with Crippen molar-refractivity contribution in [3.8, 4) is 5.75 Å². The molecule has 3 rings (SSSR count). The van der Waals surface area contributed by atoms with E-state index in [9.17, 15) is 9.59 Å². The summed E-state index contributed by atoms with van der Waals surface area (Å²) in [5, 5.41) is 3.02. The summed E-state index contributed by atoms with van der Waals surface area (Å²) in [5.74, 6) is 0.265. The van der Waals surface area contributed by atoms with E-state index in [-0.39, 0.29) is 17.3 Å². The number of nitrogens with two attached hydrogens (primary N) is 1. The number of anilines is 2. The zero-order chi connectivity index (χ0) is 17.4. The number of carbonyl (C=O) groups excluding carboxylic acids is 1. The normalized spacial score (nSPS) is 16.4. The fraction of sp³-hybridized carbons (Fsp3) is 0.235. The van der Waals surface area contributed by atoms with Crippen molar-refractivity contribution in [3.63, 3.8) is 0 Å². The van der Waals surface area contributed by atoms with Gasteiger partial charge < -0.3 is 15.8 Å². The number of ketones is 1. The van der Waals surface area contributed by atoms with Crippen LogP contribution >= 0.6 is 0 Å². The molecular weight excluding hydrogens is 308 g/mol. The van der Waals surface area contributed by atoms with Gasteiger partial charge in [0.1, 0.15) is 11.6 Å². The lowest BCUT2D eigenvalue weighted by atomic mass is 9.80. The van der Waals surface area contributed by atoms with E-state index < -0.39 is 5.92 Å². The Balaban J connectivity index is 2.36. The molecule has 0 saturated carbocycles. The fourth-order valence-corrected chi connectivity index (χ4v) is 3.15. The first-order chi connectivity index (χ1) is 11.4. The average Bonchev–Trinajstić information content (AvgIpc) is 2.52. The number of allylic oxidation sites excluding steroid dienone is 2. The van der Waals surface area contributed by atoms with E-state index in [4.69, 9.17) is 10.5 Å². The van der Waals surface area contributed by atoms with Crippen LogP contribution in [0.4, 0.5) is 11.8 Å². The van der Waals surface area contributed by atoms with Crippen LogP contribution in [0.25, 0.3) is 0 Å². The number of hydrogen-bond donors (Lipinski definition) is 3. The van der Waals surface area contributed by atoms with Gasteiger partial charge in [-0.25, -0.2) is 0 Å². The van der Waals surface area contributed by atoms with Crippen molar-refractivity contribution in [2.45, 2.75) is 19.8 Å². The molecule has 2 heterocycles. The van der Waals surface area contributed by atoms with Gasteiger partial charge in [0.15, 0.2) is 5.78 Å². The lowest BCUT2D eigenvalue weighted by molar-refractivity contribution is -0.113. The van der Waals surface area contributed by atoms with Gasteiger partial charge >= 0.3 is 0 Å². The molecule has 0 spiro atoms. The third-order valence-electron chi connectivity index (χ3n) is 4.09. The Kier molecular flexibility index (Phi) is 3.84. The monoisotopic (exact) mass is 326 g/mol. The molecule has 1 atom stereocenters. The van der Waals surface area contributed by atoms with Crippen LogP contribution in [0.1, 0.15) is 30.9 Å². The Labute approximate surface area is 138 Å². The molecule has 0 amide bonds. The number of carbonyl (C=O) groups is 1. The highest BCUT2D eigenvalue weighted by atomic mass is 16.5. The molecule has 0 fully saturated rings. The van der Waals surface area contributed by atoms with Crippen molar-refractivity contribution >= 4 is 17.5 Å². The molecular formula is C17H18N4O3. The number of H-pyrrole nitrogens is 1. The van der Waals surface area contributed by atoms with Gasteiger partial charge in [-0.3, -0.25) is 14.6 Å². The molecule has 1 aliphatic rings. The topological polar surface area (TPSA) is 110 Å². The predicted molar refractivity (Wildman–Crippen MR) is 91.1 cm³/mol. The molecule has 24 heavy (non-hydrogen) atoms. The number of nitrogens with zero attached hydrogens (tertiary/aromatic N) is 1. The number of rotatable bonds is 3. The highest BCUT2D eigenvalue weighted by Gasteiger charge is 2.35. The molecule has 1 aromatic heterocycles. The molecule has 0 saturated heterocycles. The first-order valence-electron chi connectivity index (χ1n) is 7.45. The van der Waals surface area contributed by atoms with Crippen LogP contribution in [0.2, 0.25) is 0 Å². The van der Waals surface area contributed by atoms with Crippen LogP contribution in [-0.2, 0) is 4.79 Å². The van der Waals surface area contributed by atoms with Gasteiger partial charge in [0.25, 0.3) is 5.56 Å². The SMILES string of the molecule is COc1ccccc1C1C(C(C)=O)=C(C)Nc2nc(N)[nH]c(=O)c21. The van der Waals surface area contributed by atoms with Crippen LogP contribution in [0.3, 0.4) is 0 Å². The average molecular weight is 326 g/mol. The molecule has 0 aliphatic carbocycles. The highest BCUT2D eigenvalue weighted by molar-refractivity contribution is 5.98. The third kappa shape index (κ3) is 2.44. The summed E-state index contributed by atoms with van der Waals surface area (Å²) >= 11 is 0. The molecule has 2 aromatic rings. The number of methoxy groups -OCH3 is 1. The second kappa shape index (κ2) is 5.84. The maximum absolute atomic E-state index is 12.6. The van der Waals surface area contributed by atoms with Crippen LogP contribution in [0, 0.1) is 0 Å². The molecule has 4 N–H and O–H groups in total. The summed E-state index contributed by atoms with van der Waals surface area (Å²) in [6.45, 7) is 3.26. The van der Waals surface area contributed by atoms with Crippen molar-refractivity contribution in [2.24, 2.45) is 0 Å². The minimum atomic E-state index is -0.577. The number of nitrogen functional groups attached to an aromatic ring is 1. The van der Waals surface area contributed by atoms with E-state index in [1.54, 1.807) is 20.1 Å². The molecule has 1 aliphatic heterocycles. The lowest BCUT2D eigenvalue weighted by Gasteiger charge is -2.29. The fourth-order valence-electron chi connectivity index (χ4n) is 3.15. The number of aromatic nitrogens is 2. The van der Waals surface area contributed by atoms with Crippen molar-refractivity contribution in [1.82, 2.24) is 9.97 Å². The van der Waals surface area contributed by atoms with Crippen LogP contribution in [-0.4, -0.2) is 22.9 Å². The first-order valence-corrected chi connectivity index (χ1v) is 7.45. The minimum Gasteiger partial charge on any atom is -0.496 e. The van der Waals surface area contributed by atoms with Crippen LogP contribution < -0.4 is 21.3 Å². The number of hydrogen-bond acceptors (Lipinski definition) is 6. The number of aromatic amines is 1. The molecule has 0 radical (unpaired) electrons. The number of para-hydroxylation sites is 1. The Bertz CT molecular complexity index is 914. The van der Waals surface area contributed by atoms with Gasteiger partial charge in [-0.2, -0.15) is 4.98 Å². The molecule has 7 nitrogen and oxygen atoms in total. The number of Topliss-reactive ketones (excluding diaryl/α,β-unsaturated/α-hetero) is 1. The largest absolute Gasteiger partial charge is 0.496 e. The van der Waals surface area contributed by atoms with E-state index >= 15 is 0 Å². The number of fused-ring (bicyclic) bond motifs is 1. The van der Waals surface area contributed by atoms with Crippen molar-refractivity contribution in [3.05, 3.63) is 57.0 Å². The summed E-state index contributed by atoms with van der Waals surface area (Å²) in [5.41, 5.74) is 7.49. The number of ether oxygens (including phenoxy) is 1. The quantitative estimate of drug-likeness (QED) is 0.793. The molecule has 7 heteroatoms. The van der Waals surface area contributed by atoms with E-state index in [0.29, 0.717) is 28.4 Å². The first kappa shape index (κ1) is 15.8. The minimum absolute atomic E-state index is 0.0177. The molecule has 1 unspecified atom stereocenters. The Morgan fingerprint density at radius 1 is 1.33 bits per heavy atom. The Hall–Kier alpha value is -3.09. The van der Waals surface area contributed by atoms with Crippen molar-refractivity contribution < 1.29 is 9.53 Å². The standard InChI is InChI=1S/C17H18N4O3/c1-8-12(9(2)22)13(10-6-4-5-7-11(10)24-3)14-15(19-8)20-17(18)21-16(14)23/h4-7,13H,1-3H3,(H4,18,19,20,21,23). The van der Waals surface area contributed by atoms with Crippen LogP contribution in [0.5, 0.6) is 5.75 Å². The number of nitrogens with one attached hydrogen (secondary N) is 2. The lowest BCUT2D eigenvalue weighted by Crippen LogP contribution is -2.30. The molecule has 0 bridgehead atoms. The van der Waals surface area contributed by atoms with E-state index in [0.717, 1.165) is 5.56 Å². The summed E-state index contributed by atoms with van der Waals surface area (Å²) in [4.78, 5) is 31.5. The van der Waals surface area contributed by atoms with Gasteiger partial charge in [-0.05, 0) is 19.9 Å². The van der Waals surface area contributed by atoms with Gasteiger partial charge in [0.2, 0.25) is 5.95 Å².